The van der Waals surface area contributed by atoms with Crippen LogP contribution in [0.3, 0.4) is 0 Å². The lowest BCUT2D eigenvalue weighted by Gasteiger charge is -2.44. The average molecular weight is 399 g/mol. The molecule has 1 aromatic heterocycles. The molecule has 3 amide bonds. The minimum absolute atomic E-state index is 0.0263. The van der Waals surface area contributed by atoms with E-state index in [0.717, 1.165) is 25.7 Å². The van der Waals surface area contributed by atoms with Crippen LogP contribution in [-0.4, -0.2) is 77.7 Å². The summed E-state index contributed by atoms with van der Waals surface area (Å²) in [7, 11) is 3.62. The van der Waals surface area contributed by atoms with Gasteiger partial charge < -0.3 is 14.7 Å². The van der Waals surface area contributed by atoms with Gasteiger partial charge in [-0.05, 0) is 49.1 Å². The second-order valence-corrected chi connectivity index (χ2v) is 9.20. The molecule has 1 spiro atoms. The summed E-state index contributed by atoms with van der Waals surface area (Å²) in [5.41, 5.74) is 0.183. The van der Waals surface area contributed by atoms with Gasteiger partial charge in [0.05, 0.1) is 11.0 Å². The Bertz CT molecular complexity index is 817. The molecule has 156 valence electrons. The van der Waals surface area contributed by atoms with E-state index >= 15 is 0 Å². The monoisotopic (exact) mass is 398 g/mol. The van der Waals surface area contributed by atoms with Crippen molar-refractivity contribution in [3.63, 3.8) is 0 Å². The van der Waals surface area contributed by atoms with Crippen molar-refractivity contribution in [3.05, 3.63) is 30.1 Å². The van der Waals surface area contributed by atoms with E-state index < -0.39 is 5.41 Å². The van der Waals surface area contributed by atoms with Crippen LogP contribution in [0.2, 0.25) is 0 Å². The summed E-state index contributed by atoms with van der Waals surface area (Å²) >= 11 is 0. The van der Waals surface area contributed by atoms with E-state index in [1.807, 2.05) is 23.9 Å². The molecule has 0 N–H and O–H groups in total. The van der Waals surface area contributed by atoms with E-state index in [9.17, 15) is 14.4 Å². The Labute approximate surface area is 172 Å². The Kier molecular flexibility index (Phi) is 4.87. The van der Waals surface area contributed by atoms with Gasteiger partial charge in [-0.15, -0.1) is 0 Å². The smallest absolute Gasteiger partial charge is 0.255 e. The molecule has 7 nitrogen and oxygen atoms in total. The van der Waals surface area contributed by atoms with E-state index in [1.54, 1.807) is 36.4 Å². The van der Waals surface area contributed by atoms with Crippen molar-refractivity contribution in [1.82, 2.24) is 19.7 Å². The third-order valence-corrected chi connectivity index (χ3v) is 7.58. The molecule has 3 aliphatic rings. The molecule has 7 heteroatoms. The van der Waals surface area contributed by atoms with Gasteiger partial charge in [0.1, 0.15) is 0 Å². The van der Waals surface area contributed by atoms with E-state index in [2.05, 4.69) is 4.98 Å². The first-order valence-corrected chi connectivity index (χ1v) is 10.5. The van der Waals surface area contributed by atoms with Crippen molar-refractivity contribution in [2.24, 2.45) is 16.7 Å². The minimum atomic E-state index is -0.468. The van der Waals surface area contributed by atoms with Crippen LogP contribution in [0.4, 0.5) is 0 Å². The van der Waals surface area contributed by atoms with Gasteiger partial charge in [0, 0.05) is 59.6 Å². The van der Waals surface area contributed by atoms with Crippen LogP contribution in [0.15, 0.2) is 24.5 Å². The molecular weight excluding hydrogens is 368 g/mol. The maximum absolute atomic E-state index is 13.2. The molecular formula is C22H30N4O3. The van der Waals surface area contributed by atoms with Crippen molar-refractivity contribution in [2.45, 2.75) is 32.6 Å². The normalized spacial score (nSPS) is 27.8. The SMILES string of the molecule is CC(=O)N1C[C@@H]2C3(CCN(C(=O)c4cccnc4)CC3)CC[C@]2(C(=O)N(C)C)C1. The number of likely N-dealkylation sites (tertiary alicyclic amines) is 2. The van der Waals surface area contributed by atoms with Crippen LogP contribution in [0.25, 0.3) is 0 Å². The van der Waals surface area contributed by atoms with Crippen molar-refractivity contribution in [2.75, 3.05) is 40.3 Å². The highest BCUT2D eigenvalue weighted by Crippen LogP contribution is 2.62. The van der Waals surface area contributed by atoms with Crippen LogP contribution in [0, 0.1) is 16.7 Å². The van der Waals surface area contributed by atoms with E-state index in [1.165, 1.54) is 0 Å². The highest BCUT2D eigenvalue weighted by Gasteiger charge is 2.65. The highest BCUT2D eigenvalue weighted by atomic mass is 16.2. The van der Waals surface area contributed by atoms with Crippen LogP contribution in [0.5, 0.6) is 0 Å². The zero-order valence-electron chi connectivity index (χ0n) is 17.6. The number of fused-ring (bicyclic) bond motifs is 2. The molecule has 1 aliphatic carbocycles. The number of carbonyl (C=O) groups is 3. The highest BCUT2D eigenvalue weighted by molar-refractivity contribution is 5.94. The van der Waals surface area contributed by atoms with Crippen LogP contribution >= 0.6 is 0 Å². The van der Waals surface area contributed by atoms with Gasteiger partial charge in [0.25, 0.3) is 5.91 Å². The number of pyridine rings is 1. The fourth-order valence-corrected chi connectivity index (χ4v) is 6.02. The Hall–Kier alpha value is -2.44. The number of aromatic nitrogens is 1. The van der Waals surface area contributed by atoms with Crippen LogP contribution in [-0.2, 0) is 9.59 Å². The molecule has 2 saturated heterocycles. The molecule has 2 atom stereocenters. The number of carbonyl (C=O) groups excluding carboxylic acids is 3. The Morgan fingerprint density at radius 1 is 1.10 bits per heavy atom. The number of rotatable bonds is 2. The van der Waals surface area contributed by atoms with Gasteiger partial charge in [-0.1, -0.05) is 0 Å². The first-order chi connectivity index (χ1) is 13.8. The zero-order valence-corrected chi connectivity index (χ0v) is 17.6. The zero-order chi connectivity index (χ0) is 20.8. The Morgan fingerprint density at radius 2 is 1.83 bits per heavy atom. The molecule has 0 radical (unpaired) electrons. The maximum Gasteiger partial charge on any atom is 0.255 e. The van der Waals surface area contributed by atoms with Crippen molar-refractivity contribution in [1.29, 1.82) is 0 Å². The molecule has 3 fully saturated rings. The maximum atomic E-state index is 13.2. The summed E-state index contributed by atoms with van der Waals surface area (Å²) in [5.74, 6) is 0.393. The lowest BCUT2D eigenvalue weighted by Crippen LogP contribution is -2.49. The molecule has 1 aromatic rings. The van der Waals surface area contributed by atoms with E-state index in [0.29, 0.717) is 31.7 Å². The topological polar surface area (TPSA) is 73.8 Å². The molecule has 2 aliphatic heterocycles. The van der Waals surface area contributed by atoms with E-state index in [-0.39, 0.29) is 29.1 Å². The molecule has 4 rings (SSSR count). The predicted molar refractivity (Wildman–Crippen MR) is 108 cm³/mol. The van der Waals surface area contributed by atoms with Gasteiger partial charge >= 0.3 is 0 Å². The molecule has 1 saturated carbocycles. The summed E-state index contributed by atoms with van der Waals surface area (Å²) in [6, 6.07) is 3.59. The lowest BCUT2D eigenvalue weighted by atomic mass is 9.65. The van der Waals surface area contributed by atoms with Gasteiger partial charge in [-0.3, -0.25) is 19.4 Å². The summed E-state index contributed by atoms with van der Waals surface area (Å²) < 4.78 is 0. The third kappa shape index (κ3) is 3.11. The summed E-state index contributed by atoms with van der Waals surface area (Å²) in [6.07, 6.45) is 6.89. The largest absolute Gasteiger partial charge is 0.348 e. The third-order valence-electron chi connectivity index (χ3n) is 7.58. The molecule has 0 aromatic carbocycles. The predicted octanol–water partition coefficient (Wildman–Crippen LogP) is 1.65. The number of amides is 3. The summed E-state index contributed by atoms with van der Waals surface area (Å²) in [6.45, 7) is 4.17. The Morgan fingerprint density at radius 3 is 2.41 bits per heavy atom. The minimum Gasteiger partial charge on any atom is -0.348 e. The number of hydrogen-bond acceptors (Lipinski definition) is 4. The second kappa shape index (κ2) is 7.11. The van der Waals surface area contributed by atoms with E-state index in [4.69, 9.17) is 0 Å². The number of piperidine rings is 1. The molecule has 3 heterocycles. The lowest BCUT2D eigenvalue weighted by molar-refractivity contribution is -0.141. The number of nitrogens with zero attached hydrogens (tertiary/aromatic N) is 4. The molecule has 0 bridgehead atoms. The summed E-state index contributed by atoms with van der Waals surface area (Å²) in [4.78, 5) is 47.7. The van der Waals surface area contributed by atoms with Crippen molar-refractivity contribution < 1.29 is 14.4 Å². The van der Waals surface area contributed by atoms with Crippen LogP contribution < -0.4 is 0 Å². The van der Waals surface area contributed by atoms with Gasteiger partial charge in [-0.2, -0.15) is 0 Å². The first-order valence-electron chi connectivity index (χ1n) is 10.5. The Balaban J connectivity index is 1.54. The van der Waals surface area contributed by atoms with Gasteiger partial charge in [0.15, 0.2) is 0 Å². The summed E-state index contributed by atoms with van der Waals surface area (Å²) in [5, 5.41) is 0. The molecule has 0 unspecified atom stereocenters. The van der Waals surface area contributed by atoms with Crippen molar-refractivity contribution >= 4 is 17.7 Å². The standard InChI is InChI=1S/C22H30N4O3/c1-16(27)26-14-18-21(6-7-22(18,15-26)20(29)24(2)3)8-11-25(12-9-21)19(28)17-5-4-10-23-13-17/h4-5,10,13,18H,6-9,11-12,14-15H2,1-3H3/t18-,22+/m1/s1. The molecule has 29 heavy (non-hydrogen) atoms. The first kappa shape index (κ1) is 19.9. The van der Waals surface area contributed by atoms with Crippen molar-refractivity contribution in [3.8, 4) is 0 Å². The van der Waals surface area contributed by atoms with Gasteiger partial charge in [0.2, 0.25) is 11.8 Å². The fraction of sp³-hybridized carbons (Fsp3) is 0.636. The second-order valence-electron chi connectivity index (χ2n) is 9.20. The average Bonchev–Trinajstić information content (AvgIpc) is 3.26. The van der Waals surface area contributed by atoms with Crippen LogP contribution in [0.1, 0.15) is 43.0 Å². The van der Waals surface area contributed by atoms with Gasteiger partial charge in [-0.25, -0.2) is 0 Å². The quantitative estimate of drug-likeness (QED) is 0.759. The number of hydrogen-bond donors (Lipinski definition) is 0. The fourth-order valence-electron chi connectivity index (χ4n) is 6.02.